The summed E-state index contributed by atoms with van der Waals surface area (Å²) in [6.45, 7) is 11.4. The van der Waals surface area contributed by atoms with Crippen LogP contribution in [0.4, 0.5) is 0 Å². The number of amides is 1. The average Bonchev–Trinajstić information content (AvgIpc) is 2.70. The Hall–Kier alpha value is -0.980. The highest BCUT2D eigenvalue weighted by atomic mass is 16.5. The molecule has 0 saturated heterocycles. The van der Waals surface area contributed by atoms with Gasteiger partial charge in [-0.2, -0.15) is 0 Å². The van der Waals surface area contributed by atoms with Crippen molar-refractivity contribution in [3.8, 4) is 0 Å². The summed E-state index contributed by atoms with van der Waals surface area (Å²) < 4.78 is 16.2. The van der Waals surface area contributed by atoms with Gasteiger partial charge in [-0.3, -0.25) is 9.59 Å². The Morgan fingerprint density at radius 2 is 1.57 bits per heavy atom. The first kappa shape index (κ1) is 25.1. The molecule has 0 spiro atoms. The lowest BCUT2D eigenvalue weighted by Gasteiger charge is -2.29. The fourth-order valence-corrected chi connectivity index (χ4v) is 3.43. The van der Waals surface area contributed by atoms with Crippen LogP contribution in [0.1, 0.15) is 67.6 Å². The summed E-state index contributed by atoms with van der Waals surface area (Å²) in [4.78, 5) is 24.2. The SMILES string of the molecule is CCC(C)C(=O)C1CCC(CNC(=O)CCOCCOCCOC(C)C)CC1.[HH]. The second-order valence-electron chi connectivity index (χ2n) is 8.13. The number of carbonyl (C=O) groups is 2. The molecule has 0 radical (unpaired) electrons. The fourth-order valence-electron chi connectivity index (χ4n) is 3.43. The van der Waals surface area contributed by atoms with Gasteiger partial charge in [0.25, 0.3) is 0 Å². The number of nitrogens with one attached hydrogen (secondary N) is 1. The molecule has 1 aliphatic rings. The Bertz CT molecular complexity index is 439. The summed E-state index contributed by atoms with van der Waals surface area (Å²) in [5.41, 5.74) is 0. The molecule has 1 rings (SSSR count). The molecule has 6 nitrogen and oxygen atoms in total. The summed E-state index contributed by atoms with van der Waals surface area (Å²) >= 11 is 0. The zero-order chi connectivity index (χ0) is 20.8. The van der Waals surface area contributed by atoms with Crippen molar-refractivity contribution in [1.82, 2.24) is 5.32 Å². The van der Waals surface area contributed by atoms with Gasteiger partial charge in [-0.25, -0.2) is 0 Å². The Morgan fingerprint density at radius 3 is 2.18 bits per heavy atom. The smallest absolute Gasteiger partial charge is 0.222 e. The topological polar surface area (TPSA) is 73.9 Å². The Morgan fingerprint density at radius 1 is 0.964 bits per heavy atom. The highest BCUT2D eigenvalue weighted by Gasteiger charge is 2.28. The first-order valence-corrected chi connectivity index (χ1v) is 11.0. The molecule has 0 aromatic carbocycles. The van der Waals surface area contributed by atoms with Crippen LogP contribution in [0.25, 0.3) is 0 Å². The molecule has 0 aromatic rings. The van der Waals surface area contributed by atoms with Crippen LogP contribution in [0.2, 0.25) is 0 Å². The van der Waals surface area contributed by atoms with Crippen molar-refractivity contribution in [2.24, 2.45) is 17.8 Å². The van der Waals surface area contributed by atoms with Gasteiger partial charge in [0.1, 0.15) is 5.78 Å². The summed E-state index contributed by atoms with van der Waals surface area (Å²) in [6, 6.07) is 0. The van der Waals surface area contributed by atoms with Crippen LogP contribution >= 0.6 is 0 Å². The van der Waals surface area contributed by atoms with Gasteiger partial charge >= 0.3 is 0 Å². The van der Waals surface area contributed by atoms with E-state index in [2.05, 4.69) is 12.2 Å². The highest BCUT2D eigenvalue weighted by Crippen LogP contribution is 2.31. The van der Waals surface area contributed by atoms with Crippen LogP contribution < -0.4 is 5.32 Å². The molecule has 1 N–H and O–H groups in total. The van der Waals surface area contributed by atoms with E-state index in [1.165, 1.54) is 0 Å². The van der Waals surface area contributed by atoms with Gasteiger partial charge in [-0.15, -0.1) is 0 Å². The molecule has 1 atom stereocenters. The second kappa shape index (κ2) is 14.9. The summed E-state index contributed by atoms with van der Waals surface area (Å²) in [6.07, 6.45) is 5.52. The highest BCUT2D eigenvalue weighted by molar-refractivity contribution is 5.83. The molecule has 0 aromatic heterocycles. The number of hydrogen-bond donors (Lipinski definition) is 1. The van der Waals surface area contributed by atoms with Crippen molar-refractivity contribution in [2.45, 2.75) is 72.3 Å². The molecule has 1 amide bonds. The van der Waals surface area contributed by atoms with E-state index in [1.807, 2.05) is 20.8 Å². The van der Waals surface area contributed by atoms with Crippen LogP contribution in [-0.2, 0) is 23.8 Å². The van der Waals surface area contributed by atoms with E-state index in [0.29, 0.717) is 57.7 Å². The minimum Gasteiger partial charge on any atom is -0.379 e. The lowest BCUT2D eigenvalue weighted by atomic mass is 9.77. The summed E-state index contributed by atoms with van der Waals surface area (Å²) in [7, 11) is 0. The molecule has 0 heterocycles. The van der Waals surface area contributed by atoms with Crippen LogP contribution in [-0.4, -0.2) is 57.4 Å². The molecule has 0 bridgehead atoms. The maximum Gasteiger partial charge on any atom is 0.222 e. The van der Waals surface area contributed by atoms with Gasteiger partial charge in [0.15, 0.2) is 0 Å². The Balaban J connectivity index is 0.00000784. The molecule has 1 fully saturated rings. The lowest BCUT2D eigenvalue weighted by Crippen LogP contribution is -2.33. The Labute approximate surface area is 172 Å². The van der Waals surface area contributed by atoms with Crippen molar-refractivity contribution in [3.05, 3.63) is 0 Å². The van der Waals surface area contributed by atoms with Crippen LogP contribution in [0, 0.1) is 17.8 Å². The molecule has 0 aliphatic heterocycles. The average molecular weight is 402 g/mol. The van der Waals surface area contributed by atoms with Crippen LogP contribution in [0.3, 0.4) is 0 Å². The van der Waals surface area contributed by atoms with E-state index in [0.717, 1.165) is 32.1 Å². The number of carbonyl (C=O) groups excluding carboxylic acids is 2. The van der Waals surface area contributed by atoms with E-state index < -0.39 is 0 Å². The number of hydrogen-bond acceptors (Lipinski definition) is 5. The molecular formula is C22H43NO5. The maximum atomic E-state index is 12.3. The van der Waals surface area contributed by atoms with Gasteiger partial charge in [0, 0.05) is 26.2 Å². The Kier molecular flexibility index (Phi) is 13.4. The molecule has 28 heavy (non-hydrogen) atoms. The molecule has 1 unspecified atom stereocenters. The zero-order valence-electron chi connectivity index (χ0n) is 18.3. The molecule has 1 saturated carbocycles. The largest absolute Gasteiger partial charge is 0.379 e. The monoisotopic (exact) mass is 401 g/mol. The minimum absolute atomic E-state index is 0. The van der Waals surface area contributed by atoms with E-state index in [1.54, 1.807) is 0 Å². The van der Waals surface area contributed by atoms with E-state index in [-0.39, 0.29) is 25.3 Å². The third kappa shape index (κ3) is 11.1. The summed E-state index contributed by atoms with van der Waals surface area (Å²) in [5.74, 6) is 1.37. The predicted octanol–water partition coefficient (Wildman–Crippen LogP) is 3.62. The van der Waals surface area contributed by atoms with E-state index in [4.69, 9.17) is 14.2 Å². The third-order valence-electron chi connectivity index (χ3n) is 5.46. The first-order valence-electron chi connectivity index (χ1n) is 11.0. The molecule has 1 aliphatic carbocycles. The van der Waals surface area contributed by atoms with Crippen LogP contribution in [0.5, 0.6) is 0 Å². The van der Waals surface area contributed by atoms with Crippen molar-refractivity contribution >= 4 is 11.7 Å². The minimum atomic E-state index is 0. The zero-order valence-corrected chi connectivity index (χ0v) is 18.3. The normalized spacial score (nSPS) is 20.9. The van der Waals surface area contributed by atoms with Crippen molar-refractivity contribution in [1.29, 1.82) is 0 Å². The van der Waals surface area contributed by atoms with Crippen molar-refractivity contribution in [3.63, 3.8) is 0 Å². The molecular weight excluding hydrogens is 358 g/mol. The van der Waals surface area contributed by atoms with Gasteiger partial charge in [0.2, 0.25) is 5.91 Å². The lowest BCUT2D eigenvalue weighted by molar-refractivity contribution is -0.128. The summed E-state index contributed by atoms with van der Waals surface area (Å²) in [5, 5.41) is 3.01. The fraction of sp³-hybridized carbons (Fsp3) is 0.909. The van der Waals surface area contributed by atoms with E-state index >= 15 is 0 Å². The van der Waals surface area contributed by atoms with Gasteiger partial charge < -0.3 is 19.5 Å². The van der Waals surface area contributed by atoms with Crippen molar-refractivity contribution in [2.75, 3.05) is 39.6 Å². The number of Topliss-reactive ketones (excluding diaryl/α,β-unsaturated/α-hetero) is 1. The predicted molar refractivity (Wildman–Crippen MR) is 112 cm³/mol. The van der Waals surface area contributed by atoms with Crippen LogP contribution in [0.15, 0.2) is 0 Å². The number of ether oxygens (including phenoxy) is 3. The standard InChI is InChI=1S/C22H41NO5.H2/c1-5-18(4)22(25)20-8-6-19(7-9-20)16-23-21(24)10-11-26-12-13-27-14-15-28-17(2)3;/h17-20H,5-16H2,1-4H3,(H,23,24);1H. The van der Waals surface area contributed by atoms with Gasteiger partial charge in [0.05, 0.1) is 39.1 Å². The quantitative estimate of drug-likeness (QED) is 0.424. The number of rotatable bonds is 15. The number of ketones is 1. The van der Waals surface area contributed by atoms with E-state index in [9.17, 15) is 9.59 Å². The molecule has 6 heteroatoms. The van der Waals surface area contributed by atoms with Crippen molar-refractivity contribution < 1.29 is 25.2 Å². The molecule has 166 valence electrons. The van der Waals surface area contributed by atoms with Gasteiger partial charge in [-0.05, 0) is 51.9 Å². The van der Waals surface area contributed by atoms with Gasteiger partial charge in [-0.1, -0.05) is 13.8 Å². The first-order chi connectivity index (χ1) is 13.4. The maximum absolute atomic E-state index is 12.3. The second-order valence-corrected chi connectivity index (χ2v) is 8.13. The third-order valence-corrected chi connectivity index (χ3v) is 5.46.